The van der Waals surface area contributed by atoms with Gasteiger partial charge in [0.15, 0.2) is 0 Å². The van der Waals surface area contributed by atoms with Crippen molar-refractivity contribution in [2.45, 2.75) is 63.5 Å². The van der Waals surface area contributed by atoms with E-state index < -0.39 is 5.60 Å². The molecule has 1 saturated carbocycles. The molecule has 1 aromatic heterocycles. The predicted molar refractivity (Wildman–Crippen MR) is 82.0 cm³/mol. The Morgan fingerprint density at radius 2 is 2.09 bits per heavy atom. The number of hydrogen-bond donors (Lipinski definition) is 1. The van der Waals surface area contributed by atoms with Crippen molar-refractivity contribution in [1.29, 1.82) is 0 Å². The Bertz CT molecular complexity index is 482. The van der Waals surface area contributed by atoms with Gasteiger partial charge < -0.3 is 10.0 Å². The van der Waals surface area contributed by atoms with Gasteiger partial charge in [0.05, 0.1) is 18.2 Å². The lowest BCUT2D eigenvalue weighted by Crippen LogP contribution is -2.45. The molecular weight excluding hydrogens is 280 g/mol. The minimum Gasteiger partial charge on any atom is -0.389 e. The van der Waals surface area contributed by atoms with E-state index >= 15 is 0 Å². The van der Waals surface area contributed by atoms with Crippen LogP contribution in [-0.4, -0.2) is 49.6 Å². The highest BCUT2D eigenvalue weighted by Gasteiger charge is 2.34. The van der Waals surface area contributed by atoms with Gasteiger partial charge in [0.1, 0.15) is 0 Å². The third kappa shape index (κ3) is 3.85. The zero-order valence-corrected chi connectivity index (χ0v) is 13.2. The van der Waals surface area contributed by atoms with Crippen molar-refractivity contribution in [3.8, 4) is 0 Å². The molecule has 6 heteroatoms. The van der Waals surface area contributed by atoms with Gasteiger partial charge in [-0.2, -0.15) is 0 Å². The highest BCUT2D eigenvalue weighted by molar-refractivity contribution is 5.77. The summed E-state index contributed by atoms with van der Waals surface area (Å²) in [7, 11) is 0. The van der Waals surface area contributed by atoms with E-state index in [-0.39, 0.29) is 5.91 Å². The van der Waals surface area contributed by atoms with Crippen molar-refractivity contribution in [3.05, 3.63) is 12.4 Å². The number of aromatic nitrogens is 3. The maximum Gasteiger partial charge on any atom is 0.225 e. The fourth-order valence-electron chi connectivity index (χ4n) is 3.82. The summed E-state index contributed by atoms with van der Waals surface area (Å²) in [6.45, 7) is 2.41. The van der Waals surface area contributed by atoms with Crippen LogP contribution in [0.15, 0.2) is 12.4 Å². The van der Waals surface area contributed by atoms with Gasteiger partial charge in [-0.1, -0.05) is 24.5 Å². The lowest BCUT2D eigenvalue weighted by atomic mass is 9.82. The van der Waals surface area contributed by atoms with Crippen molar-refractivity contribution < 1.29 is 9.90 Å². The molecule has 2 heterocycles. The molecule has 1 unspecified atom stereocenters. The first-order valence-electron chi connectivity index (χ1n) is 8.49. The molecule has 122 valence electrons. The van der Waals surface area contributed by atoms with Crippen LogP contribution in [0, 0.1) is 5.92 Å². The summed E-state index contributed by atoms with van der Waals surface area (Å²) in [5.41, 5.74) is -0.756. The lowest BCUT2D eigenvalue weighted by molar-refractivity contribution is -0.139. The van der Waals surface area contributed by atoms with Crippen molar-refractivity contribution in [3.63, 3.8) is 0 Å². The number of likely N-dealkylation sites (tertiary alicyclic amines) is 1. The van der Waals surface area contributed by atoms with Crippen molar-refractivity contribution >= 4 is 5.91 Å². The van der Waals surface area contributed by atoms with Crippen LogP contribution in [0.3, 0.4) is 0 Å². The monoisotopic (exact) mass is 306 g/mol. The van der Waals surface area contributed by atoms with Gasteiger partial charge in [-0.15, -0.1) is 5.10 Å². The molecule has 1 atom stereocenters. The number of nitrogens with zero attached hydrogens (tertiary/aromatic N) is 4. The van der Waals surface area contributed by atoms with Gasteiger partial charge in [0, 0.05) is 25.8 Å². The number of piperidine rings is 1. The Kier molecular flexibility index (Phi) is 4.76. The topological polar surface area (TPSA) is 71.2 Å². The largest absolute Gasteiger partial charge is 0.389 e. The summed E-state index contributed by atoms with van der Waals surface area (Å²) in [4.78, 5) is 14.5. The zero-order chi connectivity index (χ0) is 15.4. The molecule has 0 aromatic carbocycles. The van der Waals surface area contributed by atoms with E-state index in [1.54, 1.807) is 6.20 Å². The fraction of sp³-hybridized carbons (Fsp3) is 0.812. The Balaban J connectivity index is 1.53. The van der Waals surface area contributed by atoms with E-state index in [4.69, 9.17) is 0 Å². The van der Waals surface area contributed by atoms with E-state index in [0.29, 0.717) is 12.3 Å². The molecule has 1 saturated heterocycles. The second-order valence-corrected chi connectivity index (χ2v) is 6.93. The van der Waals surface area contributed by atoms with Crippen LogP contribution in [-0.2, 0) is 11.3 Å². The Hall–Kier alpha value is -1.43. The summed E-state index contributed by atoms with van der Waals surface area (Å²) in [6.07, 6.45) is 10.8. The van der Waals surface area contributed by atoms with E-state index in [9.17, 15) is 9.90 Å². The van der Waals surface area contributed by atoms with Crippen LogP contribution in [0.2, 0.25) is 0 Å². The van der Waals surface area contributed by atoms with Crippen LogP contribution in [0.4, 0.5) is 0 Å². The van der Waals surface area contributed by atoms with Crippen LogP contribution in [0.5, 0.6) is 0 Å². The summed E-state index contributed by atoms with van der Waals surface area (Å²) in [5, 5.41) is 18.4. The molecule has 1 aliphatic carbocycles. The molecule has 6 nitrogen and oxygen atoms in total. The molecule has 22 heavy (non-hydrogen) atoms. The second-order valence-electron chi connectivity index (χ2n) is 6.93. The predicted octanol–water partition coefficient (Wildman–Crippen LogP) is 1.60. The van der Waals surface area contributed by atoms with Crippen molar-refractivity contribution in [2.75, 3.05) is 13.1 Å². The minimum atomic E-state index is -0.756. The normalized spacial score (nSPS) is 25.1. The van der Waals surface area contributed by atoms with E-state index in [2.05, 4.69) is 10.3 Å². The highest BCUT2D eigenvalue weighted by atomic mass is 16.3. The summed E-state index contributed by atoms with van der Waals surface area (Å²) in [6, 6.07) is 0. The third-order valence-electron chi connectivity index (χ3n) is 5.05. The van der Waals surface area contributed by atoms with Gasteiger partial charge in [-0.05, 0) is 31.6 Å². The zero-order valence-electron chi connectivity index (χ0n) is 13.2. The van der Waals surface area contributed by atoms with E-state index in [1.807, 2.05) is 15.8 Å². The molecule has 1 aromatic rings. The first-order valence-corrected chi connectivity index (χ1v) is 8.49. The van der Waals surface area contributed by atoms with Gasteiger partial charge in [0.25, 0.3) is 0 Å². The summed E-state index contributed by atoms with van der Waals surface area (Å²) in [5.74, 6) is 0.549. The third-order valence-corrected chi connectivity index (χ3v) is 5.05. The summed E-state index contributed by atoms with van der Waals surface area (Å²) < 4.78 is 1.84. The minimum absolute atomic E-state index is 0.118. The van der Waals surface area contributed by atoms with E-state index in [0.717, 1.165) is 58.2 Å². The number of aliphatic hydroxyl groups is 1. The van der Waals surface area contributed by atoms with Crippen LogP contribution < -0.4 is 0 Å². The van der Waals surface area contributed by atoms with Gasteiger partial charge >= 0.3 is 0 Å². The lowest BCUT2D eigenvalue weighted by Gasteiger charge is -2.37. The average Bonchev–Trinajstić information content (AvgIpc) is 3.01. The number of carbonyl (C=O) groups excluding carboxylic acids is 1. The Morgan fingerprint density at radius 3 is 2.82 bits per heavy atom. The molecule has 2 aliphatic rings. The molecule has 0 spiro atoms. The van der Waals surface area contributed by atoms with Gasteiger partial charge in [-0.25, -0.2) is 0 Å². The molecule has 3 rings (SSSR count). The first-order chi connectivity index (χ1) is 10.6. The molecule has 0 bridgehead atoms. The highest BCUT2D eigenvalue weighted by Crippen LogP contribution is 2.32. The van der Waals surface area contributed by atoms with E-state index in [1.165, 1.54) is 6.42 Å². The smallest absolute Gasteiger partial charge is 0.225 e. The number of carbonyl (C=O) groups is 1. The molecule has 1 N–H and O–H groups in total. The molecular formula is C16H26N4O2. The quantitative estimate of drug-likeness (QED) is 0.917. The molecule has 1 amide bonds. The summed E-state index contributed by atoms with van der Waals surface area (Å²) >= 11 is 0. The van der Waals surface area contributed by atoms with Crippen LogP contribution in [0.25, 0.3) is 0 Å². The molecule has 0 radical (unpaired) electrons. The fourth-order valence-corrected chi connectivity index (χ4v) is 3.82. The Morgan fingerprint density at radius 1 is 1.27 bits per heavy atom. The number of rotatable bonds is 4. The maximum absolute atomic E-state index is 12.6. The van der Waals surface area contributed by atoms with Crippen LogP contribution in [0.1, 0.15) is 51.4 Å². The molecule has 1 aliphatic heterocycles. The van der Waals surface area contributed by atoms with Crippen molar-refractivity contribution in [1.82, 2.24) is 19.9 Å². The average molecular weight is 306 g/mol. The van der Waals surface area contributed by atoms with Gasteiger partial charge in [-0.3, -0.25) is 9.48 Å². The van der Waals surface area contributed by atoms with Crippen LogP contribution >= 0.6 is 0 Å². The Labute approximate surface area is 131 Å². The van der Waals surface area contributed by atoms with Gasteiger partial charge in [0.2, 0.25) is 5.91 Å². The second kappa shape index (κ2) is 6.77. The maximum atomic E-state index is 12.6. The SMILES string of the molecule is O=C(CC1(O)CCCCC1)N1CCCC(Cn2ccnn2)C1. The van der Waals surface area contributed by atoms with Crippen molar-refractivity contribution in [2.24, 2.45) is 5.92 Å². The number of hydrogen-bond acceptors (Lipinski definition) is 4. The molecule has 2 fully saturated rings. The first kappa shape index (κ1) is 15.5. The number of amides is 1. The standard InChI is InChI=1S/C16H26N4O2/c21-15(11-16(22)6-2-1-3-7-16)19-9-4-5-14(12-19)13-20-10-8-17-18-20/h8,10,14,22H,1-7,9,11-13H2.